The molecule has 0 bridgehead atoms. The van der Waals surface area contributed by atoms with Crippen molar-refractivity contribution in [2.45, 2.75) is 6.18 Å². The Hall–Kier alpha value is -3.10. The van der Waals surface area contributed by atoms with Gasteiger partial charge in [-0.15, -0.1) is 0 Å². The molecule has 126 valence electrons. The molecular formula is C15H11F3N2O4. The fourth-order valence-corrected chi connectivity index (χ4v) is 1.79. The molecule has 0 unspecified atom stereocenters. The van der Waals surface area contributed by atoms with E-state index in [1.807, 2.05) is 0 Å². The number of carboxylic acid groups (broad SMARTS) is 1. The van der Waals surface area contributed by atoms with Gasteiger partial charge in [-0.2, -0.15) is 13.2 Å². The number of aromatic nitrogens is 2. The van der Waals surface area contributed by atoms with Crippen molar-refractivity contribution in [1.29, 1.82) is 0 Å². The van der Waals surface area contributed by atoms with E-state index in [9.17, 15) is 23.1 Å². The number of benzene rings is 1. The number of ether oxygens (including phenoxy) is 2. The average Bonchev–Trinajstić information content (AvgIpc) is 2.53. The monoisotopic (exact) mass is 340 g/mol. The summed E-state index contributed by atoms with van der Waals surface area (Å²) in [6.07, 6.45) is -2.95. The zero-order valence-electron chi connectivity index (χ0n) is 12.2. The van der Waals surface area contributed by atoms with Crippen LogP contribution in [0.2, 0.25) is 0 Å². The Balaban J connectivity index is 2.42. The number of alkyl halides is 3. The first kappa shape index (κ1) is 17.3. The molecule has 0 aliphatic heterocycles. The van der Waals surface area contributed by atoms with E-state index in [0.717, 1.165) is 6.26 Å². The number of hydrogen-bond donors (Lipinski definition) is 1. The fraction of sp³-hybridized carbons (Fsp3) is 0.133. The molecule has 1 aromatic heterocycles. The van der Waals surface area contributed by atoms with Crippen molar-refractivity contribution in [1.82, 2.24) is 9.97 Å². The van der Waals surface area contributed by atoms with Crippen molar-refractivity contribution < 1.29 is 32.5 Å². The molecule has 9 heteroatoms. The van der Waals surface area contributed by atoms with Crippen molar-refractivity contribution in [2.75, 3.05) is 7.11 Å². The first-order valence-corrected chi connectivity index (χ1v) is 6.45. The molecular weight excluding hydrogens is 329 g/mol. The number of nitrogens with zero attached hydrogens (tertiary/aromatic N) is 2. The highest BCUT2D eigenvalue weighted by atomic mass is 19.4. The number of methoxy groups -OCH3 is 1. The largest absolute Gasteiger partial charge is 0.503 e. The third-order valence-electron chi connectivity index (χ3n) is 2.79. The van der Waals surface area contributed by atoms with E-state index in [4.69, 9.17) is 9.47 Å². The van der Waals surface area contributed by atoms with Crippen molar-refractivity contribution in [3.05, 3.63) is 54.2 Å². The molecule has 2 rings (SSSR count). The van der Waals surface area contributed by atoms with E-state index in [-0.39, 0.29) is 22.8 Å². The first-order valence-electron chi connectivity index (χ1n) is 6.45. The van der Waals surface area contributed by atoms with Crippen LogP contribution in [0.15, 0.2) is 42.9 Å². The van der Waals surface area contributed by atoms with E-state index < -0.39 is 17.8 Å². The quantitative estimate of drug-likeness (QED) is 0.664. The normalized spacial score (nSPS) is 11.9. The van der Waals surface area contributed by atoms with Crippen molar-refractivity contribution in [3.8, 4) is 11.6 Å². The third-order valence-corrected chi connectivity index (χ3v) is 2.79. The van der Waals surface area contributed by atoms with Crippen LogP contribution in [0.5, 0.6) is 11.6 Å². The van der Waals surface area contributed by atoms with Crippen LogP contribution in [0.25, 0.3) is 5.57 Å². The minimum atomic E-state index is -4.65. The van der Waals surface area contributed by atoms with Gasteiger partial charge in [0, 0.05) is 11.6 Å². The summed E-state index contributed by atoms with van der Waals surface area (Å²) in [6.45, 7) is 0. The minimum Gasteiger partial charge on any atom is -0.503 e. The molecule has 0 atom stereocenters. The summed E-state index contributed by atoms with van der Waals surface area (Å²) in [4.78, 5) is 18.0. The van der Waals surface area contributed by atoms with Crippen LogP contribution in [0.3, 0.4) is 0 Å². The molecule has 0 radical (unpaired) electrons. The fourth-order valence-electron chi connectivity index (χ4n) is 1.79. The maximum absolute atomic E-state index is 12.7. The Bertz CT molecular complexity index is 775. The molecule has 0 saturated heterocycles. The molecule has 24 heavy (non-hydrogen) atoms. The van der Waals surface area contributed by atoms with Gasteiger partial charge in [-0.25, -0.2) is 14.8 Å². The molecule has 0 aliphatic rings. The lowest BCUT2D eigenvalue weighted by Crippen LogP contribution is -2.08. The lowest BCUT2D eigenvalue weighted by atomic mass is 10.1. The highest BCUT2D eigenvalue weighted by Crippen LogP contribution is 2.32. The highest BCUT2D eigenvalue weighted by molar-refractivity contribution is 6.15. The summed E-state index contributed by atoms with van der Waals surface area (Å²) < 4.78 is 48.0. The van der Waals surface area contributed by atoms with Crippen LogP contribution in [0.1, 0.15) is 11.3 Å². The van der Waals surface area contributed by atoms with E-state index in [0.29, 0.717) is 12.4 Å². The van der Waals surface area contributed by atoms with Crippen LogP contribution in [0.4, 0.5) is 13.2 Å². The molecule has 6 nitrogen and oxygen atoms in total. The lowest BCUT2D eigenvalue weighted by molar-refractivity contribution is -0.141. The van der Waals surface area contributed by atoms with Gasteiger partial charge in [0.2, 0.25) is 5.88 Å². The highest BCUT2D eigenvalue weighted by Gasteiger charge is 2.33. The predicted octanol–water partition coefficient (Wildman–Crippen LogP) is 3.36. The number of hydrogen-bond acceptors (Lipinski definition) is 5. The first-order chi connectivity index (χ1) is 11.3. The van der Waals surface area contributed by atoms with Crippen molar-refractivity contribution in [3.63, 3.8) is 0 Å². The molecule has 0 amide bonds. The second kappa shape index (κ2) is 6.99. The Labute approximate surface area is 134 Å². The predicted molar refractivity (Wildman–Crippen MR) is 76.2 cm³/mol. The van der Waals surface area contributed by atoms with E-state index >= 15 is 0 Å². The van der Waals surface area contributed by atoms with E-state index in [2.05, 4.69) is 9.97 Å². The molecule has 1 heterocycles. The van der Waals surface area contributed by atoms with Crippen LogP contribution in [-0.2, 0) is 15.7 Å². The topological polar surface area (TPSA) is 81.5 Å². The molecule has 0 fully saturated rings. The summed E-state index contributed by atoms with van der Waals surface area (Å²) in [5.74, 6) is -1.64. The Morgan fingerprint density at radius 2 is 1.96 bits per heavy atom. The second-order valence-corrected chi connectivity index (χ2v) is 4.41. The van der Waals surface area contributed by atoms with Gasteiger partial charge >= 0.3 is 12.1 Å². The average molecular weight is 340 g/mol. The number of carboxylic acids is 1. The van der Waals surface area contributed by atoms with Gasteiger partial charge in [0.05, 0.1) is 13.4 Å². The van der Waals surface area contributed by atoms with Gasteiger partial charge < -0.3 is 14.6 Å². The number of rotatable bonds is 5. The SMILES string of the molecule is CO/C=C(/C(=O)O)c1ccccc1Oc1cc(C(F)(F)F)ncn1. The molecule has 2 aromatic rings. The van der Waals surface area contributed by atoms with E-state index in [1.165, 1.54) is 25.3 Å². The van der Waals surface area contributed by atoms with Gasteiger partial charge in [0.15, 0.2) is 5.69 Å². The molecule has 0 saturated carbocycles. The van der Waals surface area contributed by atoms with E-state index in [1.54, 1.807) is 6.07 Å². The zero-order valence-corrected chi connectivity index (χ0v) is 12.2. The van der Waals surface area contributed by atoms with Crippen LogP contribution >= 0.6 is 0 Å². The maximum Gasteiger partial charge on any atom is 0.433 e. The number of carbonyl (C=O) groups is 1. The summed E-state index contributed by atoms with van der Waals surface area (Å²) in [6, 6.07) is 6.54. The number of halogens is 3. The third kappa shape index (κ3) is 4.00. The van der Waals surface area contributed by atoms with Gasteiger partial charge in [0.25, 0.3) is 0 Å². The molecule has 0 aliphatic carbocycles. The molecule has 1 aromatic carbocycles. The summed E-state index contributed by atoms with van der Waals surface area (Å²) in [7, 11) is 1.27. The standard InChI is InChI=1S/C15H11F3N2O4/c1-23-7-10(14(21)22)9-4-2-3-5-11(9)24-13-6-12(15(16,17)18)19-8-20-13/h2-8H,1H3,(H,21,22)/b10-7+. The second-order valence-electron chi connectivity index (χ2n) is 4.41. The smallest absolute Gasteiger partial charge is 0.433 e. The maximum atomic E-state index is 12.7. The van der Waals surface area contributed by atoms with Gasteiger partial charge in [-0.3, -0.25) is 0 Å². The molecule has 1 N–H and O–H groups in total. The lowest BCUT2D eigenvalue weighted by Gasteiger charge is -2.12. The van der Waals surface area contributed by atoms with Crippen LogP contribution in [0, 0.1) is 0 Å². The number of aliphatic carboxylic acids is 1. The summed E-state index contributed by atoms with van der Waals surface area (Å²) in [5.41, 5.74) is -1.27. The van der Waals surface area contributed by atoms with Crippen molar-refractivity contribution >= 4 is 11.5 Å². The molecule has 0 spiro atoms. The van der Waals surface area contributed by atoms with Gasteiger partial charge in [-0.05, 0) is 6.07 Å². The number of para-hydroxylation sites is 1. The zero-order chi connectivity index (χ0) is 17.7. The Morgan fingerprint density at radius 3 is 2.58 bits per heavy atom. The van der Waals surface area contributed by atoms with Gasteiger partial charge in [0.1, 0.15) is 17.6 Å². The Kier molecular flexibility index (Phi) is 5.02. The minimum absolute atomic E-state index is 0.00928. The van der Waals surface area contributed by atoms with Crippen LogP contribution < -0.4 is 4.74 Å². The van der Waals surface area contributed by atoms with Crippen LogP contribution in [-0.4, -0.2) is 28.2 Å². The summed E-state index contributed by atoms with van der Waals surface area (Å²) >= 11 is 0. The van der Waals surface area contributed by atoms with Crippen molar-refractivity contribution in [2.24, 2.45) is 0 Å². The Morgan fingerprint density at radius 1 is 1.25 bits per heavy atom. The van der Waals surface area contributed by atoms with Gasteiger partial charge in [-0.1, -0.05) is 18.2 Å². The summed E-state index contributed by atoms with van der Waals surface area (Å²) in [5, 5.41) is 9.22.